The third kappa shape index (κ3) is 4.78. The van der Waals surface area contributed by atoms with Crippen molar-refractivity contribution in [3.05, 3.63) is 119 Å². The van der Waals surface area contributed by atoms with Gasteiger partial charge in [-0.05, 0) is 42.8 Å². The molecule has 0 fully saturated rings. The van der Waals surface area contributed by atoms with Crippen molar-refractivity contribution >= 4 is 15.9 Å². The molecule has 30 heavy (non-hydrogen) atoms. The first-order valence-electron chi connectivity index (χ1n) is 9.57. The number of nitrogens with zero attached hydrogens (tertiary/aromatic N) is 2. The second kappa shape index (κ2) is 9.34. The molecule has 0 unspecified atom stereocenters. The van der Waals surface area contributed by atoms with Crippen LogP contribution in [-0.4, -0.2) is 9.97 Å². The van der Waals surface area contributed by atoms with E-state index in [2.05, 4.69) is 71.2 Å². The minimum atomic E-state index is 0. The molecule has 3 radical (unpaired) electrons. The maximum Gasteiger partial charge on any atom is 0.0365 e. The van der Waals surface area contributed by atoms with Gasteiger partial charge in [-0.15, -0.1) is 64.7 Å². The molecular formula is C26H17BrIrN2-2. The zero-order valence-electron chi connectivity index (χ0n) is 16.0. The fraction of sp³-hybridized carbons (Fsp3) is 0.0769. The Balaban J connectivity index is 0.00000218. The largest absolute Gasteiger partial charge is 0.301 e. The summed E-state index contributed by atoms with van der Waals surface area (Å²) in [5, 5.41) is 0. The molecule has 3 heterocycles. The Hall–Kier alpha value is -2.13. The summed E-state index contributed by atoms with van der Waals surface area (Å²) in [6.07, 6.45) is 5.93. The Morgan fingerprint density at radius 3 is 2.47 bits per heavy atom. The Morgan fingerprint density at radius 1 is 0.767 bits per heavy atom. The summed E-state index contributed by atoms with van der Waals surface area (Å²) in [6, 6.07) is 29.6. The molecule has 0 saturated carbocycles. The van der Waals surface area contributed by atoms with Crippen LogP contribution in [0.5, 0.6) is 0 Å². The first-order chi connectivity index (χ1) is 14.2. The van der Waals surface area contributed by atoms with Gasteiger partial charge in [0.15, 0.2) is 0 Å². The van der Waals surface area contributed by atoms with Crippen LogP contribution < -0.4 is 0 Å². The third-order valence-corrected chi connectivity index (χ3v) is 5.32. The number of hydrogen-bond donors (Lipinski definition) is 0. The Bertz CT molecular complexity index is 1190. The number of aromatic nitrogens is 2. The average Bonchev–Trinajstić information content (AvgIpc) is 2.73. The van der Waals surface area contributed by atoms with Crippen molar-refractivity contribution in [3.8, 4) is 22.5 Å². The standard InChI is InChI=1S/C26H17BrN2.Ir/c27-22-15-18-6-2-8-23-9-3-11-25(28-23)20-7-1-5-19(13-20)16-24-10-4-12-26(29-24)21(14-18)17-22;/h1-5,7,9-12,15-17H,6,8H2;/q-2;. The van der Waals surface area contributed by atoms with Crippen molar-refractivity contribution in [2.75, 3.05) is 0 Å². The zero-order chi connectivity index (χ0) is 19.6. The second-order valence-electron chi connectivity index (χ2n) is 7.06. The van der Waals surface area contributed by atoms with Crippen LogP contribution >= 0.6 is 15.9 Å². The molecule has 2 nitrogen and oxygen atoms in total. The number of pyridine rings is 2. The van der Waals surface area contributed by atoms with Gasteiger partial charge in [-0.3, -0.25) is 0 Å². The molecule has 4 aromatic rings. The van der Waals surface area contributed by atoms with Crippen LogP contribution in [0, 0.1) is 25.0 Å². The summed E-state index contributed by atoms with van der Waals surface area (Å²) in [5.74, 6) is 0. The SMILES string of the molecule is Brc1cc2[c-]c(c1)-c1cccc(n1)[CH]c1[c-]c(ccc1)-c1cccc(n1)C[CH]C2.[Ir]. The molecule has 1 aliphatic heterocycles. The maximum atomic E-state index is 4.84. The fourth-order valence-corrected chi connectivity index (χ4v) is 4.02. The summed E-state index contributed by atoms with van der Waals surface area (Å²) in [4.78, 5) is 9.68. The Labute approximate surface area is 199 Å². The quantitative estimate of drug-likeness (QED) is 0.221. The van der Waals surface area contributed by atoms with Crippen molar-refractivity contribution in [3.63, 3.8) is 0 Å². The summed E-state index contributed by atoms with van der Waals surface area (Å²) in [6.45, 7) is 0. The van der Waals surface area contributed by atoms with Crippen molar-refractivity contribution in [1.82, 2.24) is 9.97 Å². The van der Waals surface area contributed by atoms with Crippen molar-refractivity contribution in [1.29, 1.82) is 0 Å². The first-order valence-corrected chi connectivity index (χ1v) is 10.4. The Kier molecular flexibility index (Phi) is 6.58. The second-order valence-corrected chi connectivity index (χ2v) is 7.98. The van der Waals surface area contributed by atoms with E-state index in [1.165, 1.54) is 0 Å². The van der Waals surface area contributed by atoms with Crippen LogP contribution in [0.4, 0.5) is 0 Å². The van der Waals surface area contributed by atoms with Gasteiger partial charge >= 0.3 is 0 Å². The molecule has 5 rings (SSSR count). The van der Waals surface area contributed by atoms with Crippen molar-refractivity contribution in [2.24, 2.45) is 0 Å². The maximum absolute atomic E-state index is 4.84. The minimum Gasteiger partial charge on any atom is -0.301 e. The van der Waals surface area contributed by atoms with Crippen LogP contribution in [0.1, 0.15) is 22.5 Å². The Morgan fingerprint density at radius 2 is 1.57 bits per heavy atom. The van der Waals surface area contributed by atoms with E-state index < -0.39 is 0 Å². The molecule has 1 aliphatic rings. The predicted molar refractivity (Wildman–Crippen MR) is 119 cm³/mol. The molecule has 2 aromatic carbocycles. The van der Waals surface area contributed by atoms with Crippen LogP contribution in [-0.2, 0) is 32.9 Å². The van der Waals surface area contributed by atoms with Gasteiger partial charge in [0.05, 0.1) is 0 Å². The molecule has 149 valence electrons. The summed E-state index contributed by atoms with van der Waals surface area (Å²) in [5.41, 5.74) is 7.90. The normalized spacial score (nSPS) is 12.7. The molecule has 0 atom stereocenters. The summed E-state index contributed by atoms with van der Waals surface area (Å²) >= 11 is 3.64. The number of halogens is 1. The number of benzene rings is 2. The van der Waals surface area contributed by atoms with E-state index in [0.29, 0.717) is 0 Å². The van der Waals surface area contributed by atoms with E-state index in [-0.39, 0.29) is 20.1 Å². The van der Waals surface area contributed by atoms with Gasteiger partial charge in [0.1, 0.15) is 0 Å². The topological polar surface area (TPSA) is 25.8 Å². The molecule has 2 aromatic heterocycles. The molecule has 0 amide bonds. The molecule has 8 bridgehead atoms. The van der Waals surface area contributed by atoms with Crippen molar-refractivity contribution < 1.29 is 20.1 Å². The average molecular weight is 630 g/mol. The smallest absolute Gasteiger partial charge is 0.0365 e. The molecule has 0 aliphatic carbocycles. The van der Waals surface area contributed by atoms with Gasteiger partial charge in [-0.25, -0.2) is 0 Å². The van der Waals surface area contributed by atoms with E-state index in [9.17, 15) is 0 Å². The van der Waals surface area contributed by atoms with Gasteiger partial charge in [-0.1, -0.05) is 44.7 Å². The van der Waals surface area contributed by atoms with Gasteiger partial charge in [0.25, 0.3) is 0 Å². The third-order valence-electron chi connectivity index (χ3n) is 4.86. The molecule has 0 N–H and O–H groups in total. The van der Waals surface area contributed by atoms with E-state index >= 15 is 0 Å². The number of fused-ring (bicyclic) bond motifs is 10. The van der Waals surface area contributed by atoms with Crippen LogP contribution in [0.2, 0.25) is 0 Å². The predicted octanol–water partition coefficient (Wildman–Crippen LogP) is 6.07. The molecule has 4 heteroatoms. The van der Waals surface area contributed by atoms with E-state index in [1.807, 2.05) is 36.4 Å². The zero-order valence-corrected chi connectivity index (χ0v) is 20.0. The van der Waals surface area contributed by atoms with E-state index in [4.69, 9.17) is 9.97 Å². The number of rotatable bonds is 0. The molecular weight excluding hydrogens is 612 g/mol. The van der Waals surface area contributed by atoms with E-state index in [1.54, 1.807) is 0 Å². The van der Waals surface area contributed by atoms with Gasteiger partial charge in [0, 0.05) is 37.9 Å². The molecule has 0 saturated heterocycles. The van der Waals surface area contributed by atoms with Crippen LogP contribution in [0.3, 0.4) is 0 Å². The monoisotopic (exact) mass is 629 g/mol. The van der Waals surface area contributed by atoms with Gasteiger partial charge in [-0.2, -0.15) is 0 Å². The van der Waals surface area contributed by atoms with Gasteiger partial charge < -0.3 is 9.97 Å². The van der Waals surface area contributed by atoms with Crippen LogP contribution in [0.15, 0.2) is 71.2 Å². The van der Waals surface area contributed by atoms with E-state index in [0.717, 1.165) is 62.3 Å². The fourth-order valence-electron chi connectivity index (χ4n) is 3.52. The summed E-state index contributed by atoms with van der Waals surface area (Å²) in [7, 11) is 0. The molecule has 0 spiro atoms. The number of hydrogen-bond acceptors (Lipinski definition) is 2. The first kappa shape index (κ1) is 21.1. The minimum absolute atomic E-state index is 0. The van der Waals surface area contributed by atoms with Gasteiger partial charge in [0.2, 0.25) is 0 Å². The summed E-state index contributed by atoms with van der Waals surface area (Å²) < 4.78 is 1.04. The van der Waals surface area contributed by atoms with Crippen molar-refractivity contribution in [2.45, 2.75) is 12.8 Å². The van der Waals surface area contributed by atoms with Crippen LogP contribution in [0.25, 0.3) is 22.5 Å².